The topological polar surface area (TPSA) is 176 Å². The molecule has 4 atom stereocenters. The van der Waals surface area contributed by atoms with Gasteiger partial charge in [0, 0.05) is 11.5 Å². The van der Waals surface area contributed by atoms with Crippen molar-refractivity contribution in [2.45, 2.75) is 24.4 Å². The number of amides is 1. The summed E-state index contributed by atoms with van der Waals surface area (Å²) in [7, 11) is 0. The quantitative estimate of drug-likeness (QED) is 0.135. The predicted octanol–water partition coefficient (Wildman–Crippen LogP) is -2.94. The third-order valence-corrected chi connectivity index (χ3v) is 2.02. The van der Waals surface area contributed by atoms with Crippen molar-refractivity contribution in [3.8, 4) is 0 Å². The second kappa shape index (κ2) is 8.39. The number of rotatable bonds is 8. The summed E-state index contributed by atoms with van der Waals surface area (Å²) < 4.78 is 0. The number of aliphatic hydroxyl groups is 4. The molecule has 0 spiro atoms. The largest absolute Gasteiger partial charge is 0.388 e. The summed E-state index contributed by atoms with van der Waals surface area (Å²) in [6.07, 6.45) is -7.12. The van der Waals surface area contributed by atoms with Crippen LogP contribution in [0.3, 0.4) is 0 Å². The average molecular weight is 262 g/mol. The first kappa shape index (κ1) is 16.3. The summed E-state index contributed by atoms with van der Waals surface area (Å²) in [5, 5.41) is 41.9. The van der Waals surface area contributed by atoms with Gasteiger partial charge in [0.15, 0.2) is 6.29 Å². The minimum atomic E-state index is -1.87. The Balaban J connectivity index is 4.15. The van der Waals surface area contributed by atoms with Crippen LogP contribution in [-0.4, -0.2) is 70.1 Å². The number of aldehydes is 1. The van der Waals surface area contributed by atoms with Crippen LogP contribution in [0.15, 0.2) is 5.11 Å². The van der Waals surface area contributed by atoms with Crippen molar-refractivity contribution in [3.05, 3.63) is 10.4 Å². The molecule has 5 N–H and O–H groups in total. The molecule has 0 aliphatic carbocycles. The second-order valence-corrected chi connectivity index (χ2v) is 3.37. The first-order valence-corrected chi connectivity index (χ1v) is 4.89. The number of carbonyl (C=O) groups excluding carboxylic acids is 2. The smallest absolute Gasteiger partial charge is 0.225 e. The molecule has 10 heteroatoms. The fourth-order valence-corrected chi connectivity index (χ4v) is 1.00. The molecule has 0 fully saturated rings. The van der Waals surface area contributed by atoms with E-state index in [1.807, 2.05) is 0 Å². The van der Waals surface area contributed by atoms with E-state index >= 15 is 0 Å². The third kappa shape index (κ3) is 5.57. The van der Waals surface area contributed by atoms with Crippen molar-refractivity contribution < 1.29 is 30.0 Å². The van der Waals surface area contributed by atoms with Crippen LogP contribution in [0.2, 0.25) is 0 Å². The monoisotopic (exact) mass is 262 g/mol. The summed E-state index contributed by atoms with van der Waals surface area (Å²) in [6, 6.07) is 0. The van der Waals surface area contributed by atoms with Gasteiger partial charge >= 0.3 is 0 Å². The number of carbonyl (C=O) groups is 2. The zero-order valence-electron chi connectivity index (χ0n) is 9.25. The molecule has 18 heavy (non-hydrogen) atoms. The molecule has 0 saturated carbocycles. The van der Waals surface area contributed by atoms with Crippen LogP contribution in [0.5, 0.6) is 0 Å². The van der Waals surface area contributed by atoms with Crippen LogP contribution < -0.4 is 5.32 Å². The van der Waals surface area contributed by atoms with Crippen LogP contribution in [0.25, 0.3) is 10.4 Å². The van der Waals surface area contributed by atoms with Crippen LogP contribution in [0.1, 0.15) is 0 Å². The standard InChI is InChI=1S/C8H14N4O6/c9-12-11-2-6(16)10-1-4(14)7(17)8(18)5(15)3-13/h3-5,7-8,14-15,17-18H,1-2H2,(H,10,16)/t4-,5+,7+,8-/m1/s1. The Labute approximate surface area is 101 Å². The van der Waals surface area contributed by atoms with Gasteiger partial charge in [-0.3, -0.25) is 4.79 Å². The van der Waals surface area contributed by atoms with E-state index in [4.69, 9.17) is 10.6 Å². The van der Waals surface area contributed by atoms with Gasteiger partial charge in [0.05, 0.1) is 6.10 Å². The maximum Gasteiger partial charge on any atom is 0.225 e. The highest BCUT2D eigenvalue weighted by Crippen LogP contribution is 2.03. The predicted molar refractivity (Wildman–Crippen MR) is 57.1 cm³/mol. The van der Waals surface area contributed by atoms with Gasteiger partial charge in [-0.15, -0.1) is 0 Å². The van der Waals surface area contributed by atoms with E-state index in [0.717, 1.165) is 0 Å². The average Bonchev–Trinajstić information content (AvgIpc) is 2.39. The van der Waals surface area contributed by atoms with E-state index in [2.05, 4.69) is 15.3 Å². The van der Waals surface area contributed by atoms with Crippen molar-refractivity contribution in [2.24, 2.45) is 5.11 Å². The Kier molecular flexibility index (Phi) is 7.59. The molecule has 0 aliphatic rings. The van der Waals surface area contributed by atoms with E-state index in [1.54, 1.807) is 0 Å². The fourth-order valence-electron chi connectivity index (χ4n) is 1.00. The lowest BCUT2D eigenvalue weighted by Gasteiger charge is -2.24. The highest BCUT2D eigenvalue weighted by atomic mass is 16.4. The highest BCUT2D eigenvalue weighted by Gasteiger charge is 2.30. The molecule has 0 aromatic rings. The van der Waals surface area contributed by atoms with Gasteiger partial charge in [-0.05, 0) is 5.53 Å². The summed E-state index contributed by atoms with van der Waals surface area (Å²) in [4.78, 5) is 23.4. The number of nitrogens with one attached hydrogen (secondary N) is 1. The Hall–Kier alpha value is -1.71. The number of nitrogens with zero attached hydrogens (tertiary/aromatic N) is 3. The van der Waals surface area contributed by atoms with Gasteiger partial charge in [0.1, 0.15) is 24.9 Å². The maximum atomic E-state index is 11.0. The molecule has 0 aromatic carbocycles. The molecule has 0 aromatic heterocycles. The van der Waals surface area contributed by atoms with Gasteiger partial charge in [-0.2, -0.15) is 0 Å². The molecule has 0 rings (SSSR count). The molecular formula is C8H14N4O6. The SMILES string of the molecule is [N-]=[N+]=NCC(=O)NC[C@@H](O)[C@H](O)[C@H](O)[C@@H](O)C=O. The molecule has 10 nitrogen and oxygen atoms in total. The summed E-state index contributed by atoms with van der Waals surface area (Å²) in [5.74, 6) is -0.690. The van der Waals surface area contributed by atoms with Crippen molar-refractivity contribution in [1.82, 2.24) is 5.32 Å². The number of azide groups is 1. The summed E-state index contributed by atoms with van der Waals surface area (Å²) in [5.41, 5.74) is 7.94. The minimum absolute atomic E-state index is 0.000814. The van der Waals surface area contributed by atoms with E-state index in [0.29, 0.717) is 0 Å². The molecule has 0 aliphatic heterocycles. The van der Waals surface area contributed by atoms with Crippen LogP contribution >= 0.6 is 0 Å². The van der Waals surface area contributed by atoms with Gasteiger partial charge in [0.2, 0.25) is 5.91 Å². The minimum Gasteiger partial charge on any atom is -0.388 e. The molecule has 0 saturated heterocycles. The first-order chi connectivity index (χ1) is 8.43. The molecular weight excluding hydrogens is 248 g/mol. The normalized spacial score (nSPS) is 16.9. The summed E-state index contributed by atoms with van der Waals surface area (Å²) >= 11 is 0. The van der Waals surface area contributed by atoms with E-state index in [-0.39, 0.29) is 6.29 Å². The van der Waals surface area contributed by atoms with Crippen LogP contribution in [-0.2, 0) is 9.59 Å². The maximum absolute atomic E-state index is 11.0. The van der Waals surface area contributed by atoms with Gasteiger partial charge in [-0.25, -0.2) is 0 Å². The lowest BCUT2D eigenvalue weighted by atomic mass is 10.0. The molecule has 0 radical (unpaired) electrons. The Morgan fingerprint density at radius 3 is 2.44 bits per heavy atom. The van der Waals surface area contributed by atoms with Crippen molar-refractivity contribution >= 4 is 12.2 Å². The van der Waals surface area contributed by atoms with E-state index in [1.165, 1.54) is 0 Å². The molecule has 0 unspecified atom stereocenters. The van der Waals surface area contributed by atoms with Gasteiger partial charge < -0.3 is 30.5 Å². The fraction of sp³-hybridized carbons (Fsp3) is 0.750. The third-order valence-electron chi connectivity index (χ3n) is 2.02. The van der Waals surface area contributed by atoms with Crippen molar-refractivity contribution in [3.63, 3.8) is 0 Å². The first-order valence-electron chi connectivity index (χ1n) is 4.89. The van der Waals surface area contributed by atoms with Gasteiger partial charge in [-0.1, -0.05) is 5.11 Å². The Morgan fingerprint density at radius 2 is 1.94 bits per heavy atom. The molecule has 0 bridgehead atoms. The zero-order valence-corrected chi connectivity index (χ0v) is 9.25. The highest BCUT2D eigenvalue weighted by molar-refractivity contribution is 5.78. The Bertz CT molecular complexity index is 332. The van der Waals surface area contributed by atoms with Gasteiger partial charge in [0.25, 0.3) is 0 Å². The lowest BCUT2D eigenvalue weighted by molar-refractivity contribution is -0.134. The van der Waals surface area contributed by atoms with Crippen molar-refractivity contribution in [1.29, 1.82) is 0 Å². The summed E-state index contributed by atoms with van der Waals surface area (Å²) in [6.45, 7) is -0.914. The van der Waals surface area contributed by atoms with E-state index < -0.39 is 43.4 Å². The van der Waals surface area contributed by atoms with E-state index in [9.17, 15) is 24.9 Å². The number of hydrogen-bond acceptors (Lipinski definition) is 7. The molecule has 1 amide bonds. The van der Waals surface area contributed by atoms with Crippen molar-refractivity contribution in [2.75, 3.05) is 13.1 Å². The number of hydrogen-bond donors (Lipinski definition) is 5. The lowest BCUT2D eigenvalue weighted by Crippen LogP contribution is -2.49. The van der Waals surface area contributed by atoms with Crippen LogP contribution in [0.4, 0.5) is 0 Å². The molecule has 102 valence electrons. The number of aliphatic hydroxyl groups excluding tert-OH is 4. The van der Waals surface area contributed by atoms with Crippen LogP contribution in [0, 0.1) is 0 Å². The Morgan fingerprint density at radius 1 is 1.33 bits per heavy atom. The second-order valence-electron chi connectivity index (χ2n) is 3.37. The zero-order chi connectivity index (χ0) is 14.1. The molecule has 0 heterocycles.